The smallest absolute Gasteiger partial charge is 0.153 e. The zero-order chi connectivity index (χ0) is 12.1. The molecule has 0 aliphatic heterocycles. The molecule has 2 rings (SSSR count). The third kappa shape index (κ3) is 2.53. The third-order valence-electron chi connectivity index (χ3n) is 2.54. The predicted molar refractivity (Wildman–Crippen MR) is 68.4 cm³/mol. The van der Waals surface area contributed by atoms with Crippen molar-refractivity contribution in [2.45, 2.75) is 6.92 Å². The van der Waals surface area contributed by atoms with E-state index >= 15 is 0 Å². The number of hydrogen-bond donors (Lipinski definition) is 0. The van der Waals surface area contributed by atoms with E-state index in [0.29, 0.717) is 17.9 Å². The molecule has 0 amide bonds. The summed E-state index contributed by atoms with van der Waals surface area (Å²) in [5.74, 6) is 0.641. The molecule has 0 bridgehead atoms. The molecule has 0 saturated heterocycles. The zero-order valence-corrected chi connectivity index (χ0v) is 9.72. The van der Waals surface area contributed by atoms with Gasteiger partial charge in [-0.3, -0.25) is 4.79 Å². The molecule has 0 unspecified atom stereocenters. The Bertz CT molecular complexity index is 504. The van der Waals surface area contributed by atoms with Crippen molar-refractivity contribution in [1.82, 2.24) is 0 Å². The summed E-state index contributed by atoms with van der Waals surface area (Å²) in [5, 5.41) is 0. The number of aldehydes is 1. The van der Waals surface area contributed by atoms with Gasteiger partial charge in [-0.1, -0.05) is 36.4 Å². The number of carbonyl (C=O) groups excluding carboxylic acids is 1. The minimum atomic E-state index is 0.561. The summed E-state index contributed by atoms with van der Waals surface area (Å²) in [5.41, 5.74) is 2.71. The Kier molecular flexibility index (Phi) is 3.55. The van der Waals surface area contributed by atoms with Crippen LogP contribution in [0.5, 0.6) is 5.75 Å². The summed E-state index contributed by atoms with van der Waals surface area (Å²) in [4.78, 5) is 11.0. The average molecular weight is 226 g/mol. The maximum absolute atomic E-state index is 11.0. The Hall–Kier alpha value is -2.09. The monoisotopic (exact) mass is 226 g/mol. The van der Waals surface area contributed by atoms with E-state index < -0.39 is 0 Å². The summed E-state index contributed by atoms with van der Waals surface area (Å²) in [6, 6.07) is 15.6. The minimum absolute atomic E-state index is 0.561. The molecule has 0 heterocycles. The van der Waals surface area contributed by atoms with E-state index in [2.05, 4.69) is 0 Å². The molecule has 0 saturated carbocycles. The second kappa shape index (κ2) is 5.30. The van der Waals surface area contributed by atoms with Crippen LogP contribution in [0.15, 0.2) is 48.5 Å². The number of ether oxygens (including phenoxy) is 1. The molecule has 0 aromatic heterocycles. The summed E-state index contributed by atoms with van der Waals surface area (Å²) >= 11 is 0. The van der Waals surface area contributed by atoms with Crippen LogP contribution in [-0.2, 0) is 0 Å². The molecule has 2 nitrogen and oxygen atoms in total. The lowest BCUT2D eigenvalue weighted by Crippen LogP contribution is -1.96. The van der Waals surface area contributed by atoms with E-state index in [1.54, 1.807) is 0 Å². The quantitative estimate of drug-likeness (QED) is 0.745. The molecular weight excluding hydrogens is 212 g/mol. The van der Waals surface area contributed by atoms with Gasteiger partial charge in [0.1, 0.15) is 5.75 Å². The van der Waals surface area contributed by atoms with Crippen molar-refractivity contribution in [2.24, 2.45) is 0 Å². The van der Waals surface area contributed by atoms with Crippen molar-refractivity contribution < 1.29 is 9.53 Å². The van der Waals surface area contributed by atoms with Crippen LogP contribution in [0.25, 0.3) is 11.1 Å². The van der Waals surface area contributed by atoms with Crippen molar-refractivity contribution in [2.75, 3.05) is 6.61 Å². The van der Waals surface area contributed by atoms with E-state index in [9.17, 15) is 4.79 Å². The second-order valence-corrected chi connectivity index (χ2v) is 3.67. The van der Waals surface area contributed by atoms with Crippen molar-refractivity contribution in [3.05, 3.63) is 54.1 Å². The number of hydrogen-bond acceptors (Lipinski definition) is 2. The fraction of sp³-hybridized carbons (Fsp3) is 0.133. The molecule has 2 heteroatoms. The van der Waals surface area contributed by atoms with Crippen molar-refractivity contribution in [3.63, 3.8) is 0 Å². The van der Waals surface area contributed by atoms with Gasteiger partial charge in [0.15, 0.2) is 6.29 Å². The first kappa shape index (κ1) is 11.4. The van der Waals surface area contributed by atoms with Gasteiger partial charge >= 0.3 is 0 Å². The van der Waals surface area contributed by atoms with Crippen LogP contribution in [0.1, 0.15) is 17.3 Å². The van der Waals surface area contributed by atoms with Gasteiger partial charge in [-0.05, 0) is 30.2 Å². The number of carbonyl (C=O) groups is 1. The van der Waals surface area contributed by atoms with E-state index in [4.69, 9.17) is 4.74 Å². The molecule has 0 spiro atoms. The van der Waals surface area contributed by atoms with Crippen LogP contribution in [0, 0.1) is 0 Å². The largest absolute Gasteiger partial charge is 0.493 e. The number of rotatable bonds is 4. The molecule has 0 atom stereocenters. The van der Waals surface area contributed by atoms with Gasteiger partial charge in [0.25, 0.3) is 0 Å². The molecule has 0 aliphatic carbocycles. The fourth-order valence-corrected chi connectivity index (χ4v) is 1.74. The molecule has 0 fully saturated rings. The van der Waals surface area contributed by atoms with Crippen LogP contribution in [-0.4, -0.2) is 12.9 Å². The SMILES string of the molecule is CCOc1ccc(-c2ccccc2)cc1C=O. The van der Waals surface area contributed by atoms with Crippen LogP contribution in [0.4, 0.5) is 0 Å². The summed E-state index contributed by atoms with van der Waals surface area (Å²) < 4.78 is 5.39. The maximum atomic E-state index is 11.0. The van der Waals surface area contributed by atoms with Crippen molar-refractivity contribution >= 4 is 6.29 Å². The highest BCUT2D eigenvalue weighted by atomic mass is 16.5. The highest BCUT2D eigenvalue weighted by Crippen LogP contribution is 2.25. The molecule has 0 N–H and O–H groups in total. The highest BCUT2D eigenvalue weighted by molar-refractivity contribution is 5.83. The average Bonchev–Trinajstić information content (AvgIpc) is 2.40. The van der Waals surface area contributed by atoms with Gasteiger partial charge in [-0.25, -0.2) is 0 Å². The lowest BCUT2D eigenvalue weighted by Gasteiger charge is -2.08. The standard InChI is InChI=1S/C15H14O2/c1-2-17-15-9-8-13(10-14(15)11-16)12-6-4-3-5-7-12/h3-11H,2H2,1H3. The summed E-state index contributed by atoms with van der Waals surface area (Å²) in [6.45, 7) is 2.46. The first-order chi connectivity index (χ1) is 8.35. The van der Waals surface area contributed by atoms with Gasteiger partial charge in [0, 0.05) is 0 Å². The molecular formula is C15H14O2. The van der Waals surface area contributed by atoms with Crippen molar-refractivity contribution in [1.29, 1.82) is 0 Å². The van der Waals surface area contributed by atoms with Gasteiger partial charge in [0.2, 0.25) is 0 Å². The maximum Gasteiger partial charge on any atom is 0.153 e. The van der Waals surface area contributed by atoms with Crippen LogP contribution in [0.2, 0.25) is 0 Å². The Labute approximate surface area is 101 Å². The van der Waals surface area contributed by atoms with Gasteiger partial charge in [-0.15, -0.1) is 0 Å². The van der Waals surface area contributed by atoms with Crippen LogP contribution < -0.4 is 4.74 Å². The van der Waals surface area contributed by atoms with E-state index in [1.807, 2.05) is 55.5 Å². The summed E-state index contributed by atoms with van der Waals surface area (Å²) in [6.07, 6.45) is 0.831. The molecule has 2 aromatic rings. The zero-order valence-electron chi connectivity index (χ0n) is 9.72. The molecule has 0 aliphatic rings. The Balaban J connectivity index is 2.41. The van der Waals surface area contributed by atoms with E-state index in [-0.39, 0.29) is 0 Å². The predicted octanol–water partition coefficient (Wildman–Crippen LogP) is 3.56. The Morgan fingerprint density at radius 1 is 1.06 bits per heavy atom. The molecule has 86 valence electrons. The fourth-order valence-electron chi connectivity index (χ4n) is 1.74. The lowest BCUT2D eigenvalue weighted by molar-refractivity contribution is 0.112. The first-order valence-corrected chi connectivity index (χ1v) is 5.62. The van der Waals surface area contributed by atoms with Gasteiger partial charge in [0.05, 0.1) is 12.2 Å². The Morgan fingerprint density at radius 2 is 1.82 bits per heavy atom. The minimum Gasteiger partial charge on any atom is -0.493 e. The van der Waals surface area contributed by atoms with E-state index in [0.717, 1.165) is 17.4 Å². The van der Waals surface area contributed by atoms with Gasteiger partial charge < -0.3 is 4.74 Å². The van der Waals surface area contributed by atoms with Crippen LogP contribution >= 0.6 is 0 Å². The summed E-state index contributed by atoms with van der Waals surface area (Å²) in [7, 11) is 0. The lowest BCUT2D eigenvalue weighted by atomic mass is 10.0. The van der Waals surface area contributed by atoms with E-state index in [1.165, 1.54) is 0 Å². The number of benzene rings is 2. The normalized spacial score (nSPS) is 9.94. The third-order valence-corrected chi connectivity index (χ3v) is 2.54. The van der Waals surface area contributed by atoms with Crippen LogP contribution in [0.3, 0.4) is 0 Å². The van der Waals surface area contributed by atoms with Gasteiger partial charge in [-0.2, -0.15) is 0 Å². The first-order valence-electron chi connectivity index (χ1n) is 5.62. The molecule has 17 heavy (non-hydrogen) atoms. The topological polar surface area (TPSA) is 26.3 Å². The second-order valence-electron chi connectivity index (χ2n) is 3.67. The highest BCUT2D eigenvalue weighted by Gasteiger charge is 2.05. The molecule has 2 aromatic carbocycles. The van der Waals surface area contributed by atoms with Crippen molar-refractivity contribution in [3.8, 4) is 16.9 Å². The molecule has 0 radical (unpaired) electrons. The Morgan fingerprint density at radius 3 is 2.47 bits per heavy atom.